The molecule has 0 saturated carbocycles. The zero-order valence-electron chi connectivity index (χ0n) is 12.1. The van der Waals surface area contributed by atoms with E-state index in [0.717, 1.165) is 25.3 Å². The highest BCUT2D eigenvalue weighted by Crippen LogP contribution is 2.22. The summed E-state index contributed by atoms with van der Waals surface area (Å²) >= 11 is 0. The van der Waals surface area contributed by atoms with E-state index >= 15 is 0 Å². The minimum absolute atomic E-state index is 0.227. The molecule has 2 heteroatoms. The van der Waals surface area contributed by atoms with Crippen LogP contribution in [-0.4, -0.2) is 6.54 Å². The fraction of sp³-hybridized carbons (Fsp3) is 0.412. The van der Waals surface area contributed by atoms with E-state index in [2.05, 4.69) is 50.4 Å². The minimum atomic E-state index is 0.227. The van der Waals surface area contributed by atoms with Crippen molar-refractivity contribution in [3.8, 4) is 0 Å². The van der Waals surface area contributed by atoms with E-state index in [1.165, 1.54) is 11.1 Å². The third kappa shape index (κ3) is 4.25. The Morgan fingerprint density at radius 3 is 2.37 bits per heavy atom. The molecule has 1 N–H and O–H groups in total. The van der Waals surface area contributed by atoms with Crippen LogP contribution in [0.15, 0.2) is 47.1 Å². The van der Waals surface area contributed by atoms with E-state index in [-0.39, 0.29) is 5.41 Å². The Morgan fingerprint density at radius 2 is 1.79 bits per heavy atom. The Kier molecular flexibility index (Phi) is 4.43. The lowest BCUT2D eigenvalue weighted by atomic mass is 9.87. The van der Waals surface area contributed by atoms with Crippen molar-refractivity contribution < 1.29 is 4.42 Å². The Balaban J connectivity index is 1.77. The summed E-state index contributed by atoms with van der Waals surface area (Å²) < 4.78 is 5.30. The molecule has 0 aliphatic heterocycles. The second kappa shape index (κ2) is 6.07. The quantitative estimate of drug-likeness (QED) is 0.822. The fourth-order valence-corrected chi connectivity index (χ4v) is 2.02. The smallest absolute Gasteiger partial charge is 0.105 e. The van der Waals surface area contributed by atoms with Crippen molar-refractivity contribution in [2.75, 3.05) is 6.54 Å². The molecular weight excluding hydrogens is 234 g/mol. The third-order valence-electron chi connectivity index (χ3n) is 3.28. The molecule has 0 atom stereocenters. The van der Waals surface area contributed by atoms with Crippen LogP contribution in [0.1, 0.15) is 37.7 Å². The summed E-state index contributed by atoms with van der Waals surface area (Å²) in [4.78, 5) is 0. The van der Waals surface area contributed by atoms with Gasteiger partial charge in [0, 0.05) is 19.5 Å². The van der Waals surface area contributed by atoms with Crippen molar-refractivity contribution in [2.24, 2.45) is 0 Å². The molecule has 1 aromatic carbocycles. The van der Waals surface area contributed by atoms with E-state index in [1.54, 1.807) is 6.26 Å². The summed E-state index contributed by atoms with van der Waals surface area (Å²) in [6.07, 6.45) is 2.66. The normalized spacial score (nSPS) is 11.7. The molecule has 0 spiro atoms. The van der Waals surface area contributed by atoms with Crippen molar-refractivity contribution in [2.45, 2.75) is 39.2 Å². The SMILES string of the molecule is CC(C)(C)c1ccc(CNCCc2ccco2)cc1. The van der Waals surface area contributed by atoms with Crippen LogP contribution in [-0.2, 0) is 18.4 Å². The van der Waals surface area contributed by atoms with Gasteiger partial charge < -0.3 is 9.73 Å². The Labute approximate surface area is 115 Å². The third-order valence-corrected chi connectivity index (χ3v) is 3.28. The summed E-state index contributed by atoms with van der Waals surface area (Å²) in [5.41, 5.74) is 2.94. The zero-order chi connectivity index (χ0) is 13.7. The molecule has 2 nitrogen and oxygen atoms in total. The largest absolute Gasteiger partial charge is 0.469 e. The average molecular weight is 257 g/mol. The van der Waals surface area contributed by atoms with Crippen LogP contribution >= 0.6 is 0 Å². The van der Waals surface area contributed by atoms with Gasteiger partial charge in [0.1, 0.15) is 5.76 Å². The molecule has 0 radical (unpaired) electrons. The summed E-state index contributed by atoms with van der Waals surface area (Å²) in [5.74, 6) is 1.04. The Hall–Kier alpha value is -1.54. The Morgan fingerprint density at radius 1 is 1.05 bits per heavy atom. The lowest BCUT2D eigenvalue weighted by Gasteiger charge is -2.19. The molecule has 0 fully saturated rings. The first-order valence-electron chi connectivity index (χ1n) is 6.88. The molecular formula is C17H23NO. The van der Waals surface area contributed by atoms with Crippen LogP contribution < -0.4 is 5.32 Å². The highest BCUT2D eigenvalue weighted by molar-refractivity contribution is 5.27. The second-order valence-corrected chi connectivity index (χ2v) is 5.95. The van der Waals surface area contributed by atoms with Gasteiger partial charge in [0.15, 0.2) is 0 Å². The minimum Gasteiger partial charge on any atom is -0.469 e. The fourth-order valence-electron chi connectivity index (χ4n) is 2.02. The number of hydrogen-bond donors (Lipinski definition) is 1. The van der Waals surface area contributed by atoms with Crippen LogP contribution in [0.25, 0.3) is 0 Å². The van der Waals surface area contributed by atoms with Gasteiger partial charge in [0.2, 0.25) is 0 Å². The standard InChI is InChI=1S/C17H23NO/c1-17(2,3)15-8-6-14(7-9-15)13-18-11-10-16-5-4-12-19-16/h4-9,12,18H,10-11,13H2,1-3H3. The molecule has 0 aliphatic carbocycles. The van der Waals surface area contributed by atoms with Gasteiger partial charge in [0.05, 0.1) is 6.26 Å². The zero-order valence-corrected chi connectivity index (χ0v) is 12.1. The van der Waals surface area contributed by atoms with Crippen molar-refractivity contribution in [3.63, 3.8) is 0 Å². The Bertz CT molecular complexity index is 477. The molecule has 2 rings (SSSR count). The number of hydrogen-bond acceptors (Lipinski definition) is 2. The van der Waals surface area contributed by atoms with Gasteiger partial charge in [-0.15, -0.1) is 0 Å². The van der Waals surface area contributed by atoms with Crippen molar-refractivity contribution in [3.05, 3.63) is 59.5 Å². The highest BCUT2D eigenvalue weighted by Gasteiger charge is 2.12. The van der Waals surface area contributed by atoms with Crippen LogP contribution in [0.3, 0.4) is 0 Å². The van der Waals surface area contributed by atoms with Gasteiger partial charge in [-0.3, -0.25) is 0 Å². The average Bonchev–Trinajstić information content (AvgIpc) is 2.87. The topological polar surface area (TPSA) is 25.2 Å². The first-order chi connectivity index (χ1) is 9.05. The molecule has 19 heavy (non-hydrogen) atoms. The van der Waals surface area contributed by atoms with Gasteiger partial charge >= 0.3 is 0 Å². The molecule has 1 heterocycles. The van der Waals surface area contributed by atoms with Gasteiger partial charge in [-0.05, 0) is 28.7 Å². The van der Waals surface area contributed by atoms with E-state index in [1.807, 2.05) is 12.1 Å². The molecule has 102 valence electrons. The monoisotopic (exact) mass is 257 g/mol. The molecule has 0 bridgehead atoms. The van der Waals surface area contributed by atoms with Crippen molar-refractivity contribution in [1.82, 2.24) is 5.32 Å². The molecule has 2 aromatic rings. The summed E-state index contributed by atoms with van der Waals surface area (Å²) in [5, 5.41) is 3.44. The summed E-state index contributed by atoms with van der Waals surface area (Å²) in [6.45, 7) is 8.57. The van der Waals surface area contributed by atoms with Crippen molar-refractivity contribution >= 4 is 0 Å². The lowest BCUT2D eigenvalue weighted by Crippen LogP contribution is -2.17. The van der Waals surface area contributed by atoms with Gasteiger partial charge in [-0.2, -0.15) is 0 Å². The number of rotatable bonds is 5. The van der Waals surface area contributed by atoms with Gasteiger partial charge in [0.25, 0.3) is 0 Å². The molecule has 0 unspecified atom stereocenters. The van der Waals surface area contributed by atoms with Gasteiger partial charge in [-0.1, -0.05) is 45.0 Å². The van der Waals surface area contributed by atoms with E-state index in [9.17, 15) is 0 Å². The van der Waals surface area contributed by atoms with E-state index in [0.29, 0.717) is 0 Å². The lowest BCUT2D eigenvalue weighted by molar-refractivity contribution is 0.499. The van der Waals surface area contributed by atoms with Crippen LogP contribution in [0.2, 0.25) is 0 Å². The molecule has 0 amide bonds. The first-order valence-corrected chi connectivity index (χ1v) is 6.88. The van der Waals surface area contributed by atoms with Crippen molar-refractivity contribution in [1.29, 1.82) is 0 Å². The molecule has 0 saturated heterocycles. The van der Waals surface area contributed by atoms with Crippen LogP contribution in [0.4, 0.5) is 0 Å². The van der Waals surface area contributed by atoms with E-state index in [4.69, 9.17) is 4.42 Å². The maximum absolute atomic E-state index is 5.30. The first kappa shape index (κ1) is 13.9. The maximum Gasteiger partial charge on any atom is 0.105 e. The molecule has 1 aromatic heterocycles. The second-order valence-electron chi connectivity index (χ2n) is 5.95. The van der Waals surface area contributed by atoms with Gasteiger partial charge in [-0.25, -0.2) is 0 Å². The predicted octanol–water partition coefficient (Wildman–Crippen LogP) is 3.91. The number of furan rings is 1. The summed E-state index contributed by atoms with van der Waals surface area (Å²) in [7, 11) is 0. The number of nitrogens with one attached hydrogen (secondary N) is 1. The maximum atomic E-state index is 5.30. The van der Waals surface area contributed by atoms with E-state index < -0.39 is 0 Å². The molecule has 0 aliphatic rings. The number of benzene rings is 1. The van der Waals surface area contributed by atoms with Crippen LogP contribution in [0, 0.1) is 0 Å². The van der Waals surface area contributed by atoms with Crippen LogP contribution in [0.5, 0.6) is 0 Å². The highest BCUT2D eigenvalue weighted by atomic mass is 16.3. The predicted molar refractivity (Wildman–Crippen MR) is 79.3 cm³/mol. The summed E-state index contributed by atoms with van der Waals surface area (Å²) in [6, 6.07) is 12.8.